The summed E-state index contributed by atoms with van der Waals surface area (Å²) in [6, 6.07) is 9.36. The number of likely N-dealkylation sites (tertiary alicyclic amines) is 2. The van der Waals surface area contributed by atoms with Crippen LogP contribution in [0.3, 0.4) is 0 Å². The van der Waals surface area contributed by atoms with Gasteiger partial charge < -0.3 is 14.9 Å². The number of nitrogens with zero attached hydrogens (tertiary/aromatic N) is 2. The first kappa shape index (κ1) is 17.0. The fraction of sp³-hybridized carbons (Fsp3) is 0.579. The summed E-state index contributed by atoms with van der Waals surface area (Å²) in [7, 11) is 0. The Labute approximate surface area is 143 Å². The molecule has 1 aromatic carbocycles. The monoisotopic (exact) mass is 330 g/mol. The van der Waals surface area contributed by atoms with Crippen LogP contribution in [0.2, 0.25) is 0 Å². The summed E-state index contributed by atoms with van der Waals surface area (Å²) >= 11 is 0. The summed E-state index contributed by atoms with van der Waals surface area (Å²) in [4.78, 5) is 29.1. The molecule has 0 aromatic heterocycles. The average molecular weight is 330 g/mol. The number of amides is 2. The standard InChI is InChI=1S/C19H26N2O3/c22-14-16-8-4-10-20(13-16)19(24)17-9-5-11-21(17)18(23)12-15-6-2-1-3-7-15/h1-3,6-7,16-17,22H,4-5,8-14H2. The largest absolute Gasteiger partial charge is 0.396 e. The molecule has 2 aliphatic rings. The summed E-state index contributed by atoms with van der Waals surface area (Å²) in [5, 5.41) is 9.36. The molecule has 2 amide bonds. The van der Waals surface area contributed by atoms with Crippen molar-refractivity contribution in [2.45, 2.75) is 38.1 Å². The third kappa shape index (κ3) is 3.78. The fourth-order valence-electron chi connectivity index (χ4n) is 3.82. The molecule has 0 spiro atoms. The minimum atomic E-state index is -0.321. The van der Waals surface area contributed by atoms with Gasteiger partial charge in [-0.1, -0.05) is 30.3 Å². The van der Waals surface area contributed by atoms with Crippen LogP contribution in [0.1, 0.15) is 31.2 Å². The van der Waals surface area contributed by atoms with E-state index in [1.165, 1.54) is 0 Å². The number of hydrogen-bond donors (Lipinski definition) is 1. The van der Waals surface area contributed by atoms with E-state index in [1.807, 2.05) is 35.2 Å². The van der Waals surface area contributed by atoms with Crippen molar-refractivity contribution in [2.75, 3.05) is 26.2 Å². The van der Waals surface area contributed by atoms with Crippen LogP contribution >= 0.6 is 0 Å². The van der Waals surface area contributed by atoms with Crippen LogP contribution in [-0.2, 0) is 16.0 Å². The van der Waals surface area contributed by atoms with E-state index in [2.05, 4.69) is 0 Å². The molecular weight excluding hydrogens is 304 g/mol. The minimum Gasteiger partial charge on any atom is -0.396 e. The molecule has 2 heterocycles. The molecule has 5 nitrogen and oxygen atoms in total. The molecule has 2 fully saturated rings. The van der Waals surface area contributed by atoms with Gasteiger partial charge in [0, 0.05) is 26.2 Å². The highest BCUT2D eigenvalue weighted by Gasteiger charge is 2.37. The lowest BCUT2D eigenvalue weighted by atomic mass is 9.98. The molecule has 2 unspecified atom stereocenters. The van der Waals surface area contributed by atoms with Gasteiger partial charge in [-0.25, -0.2) is 0 Å². The highest BCUT2D eigenvalue weighted by molar-refractivity contribution is 5.89. The summed E-state index contributed by atoms with van der Waals surface area (Å²) in [5.74, 6) is 0.275. The summed E-state index contributed by atoms with van der Waals surface area (Å²) in [5.41, 5.74) is 0.985. The van der Waals surface area contributed by atoms with Crippen molar-refractivity contribution in [3.63, 3.8) is 0 Å². The van der Waals surface area contributed by atoms with Gasteiger partial charge in [0.25, 0.3) is 0 Å². The van der Waals surface area contributed by atoms with E-state index in [9.17, 15) is 14.7 Å². The van der Waals surface area contributed by atoms with Gasteiger partial charge in [-0.3, -0.25) is 9.59 Å². The molecule has 2 aliphatic heterocycles. The summed E-state index contributed by atoms with van der Waals surface area (Å²) in [6.45, 7) is 2.16. The first-order valence-corrected chi connectivity index (χ1v) is 8.92. The van der Waals surface area contributed by atoms with Crippen LogP contribution in [0.25, 0.3) is 0 Å². The average Bonchev–Trinajstić information content (AvgIpc) is 3.12. The second-order valence-corrected chi connectivity index (χ2v) is 6.88. The maximum atomic E-state index is 12.9. The number of aliphatic hydroxyl groups is 1. The zero-order chi connectivity index (χ0) is 16.9. The van der Waals surface area contributed by atoms with Gasteiger partial charge in [-0.2, -0.15) is 0 Å². The maximum Gasteiger partial charge on any atom is 0.245 e. The van der Waals surface area contributed by atoms with E-state index in [0.717, 1.165) is 37.8 Å². The Kier molecular flexibility index (Phi) is 5.51. The van der Waals surface area contributed by atoms with Gasteiger partial charge in [-0.05, 0) is 37.2 Å². The number of piperidine rings is 1. The molecule has 1 N–H and O–H groups in total. The van der Waals surface area contributed by atoms with Crippen LogP contribution < -0.4 is 0 Å². The molecule has 2 saturated heterocycles. The van der Waals surface area contributed by atoms with Gasteiger partial charge in [-0.15, -0.1) is 0 Å². The topological polar surface area (TPSA) is 60.9 Å². The van der Waals surface area contributed by atoms with E-state index in [0.29, 0.717) is 19.5 Å². The van der Waals surface area contributed by atoms with Crippen LogP contribution in [0, 0.1) is 5.92 Å². The van der Waals surface area contributed by atoms with Crippen LogP contribution in [0.5, 0.6) is 0 Å². The lowest BCUT2D eigenvalue weighted by molar-refractivity contribution is -0.144. The van der Waals surface area contributed by atoms with E-state index in [4.69, 9.17) is 0 Å². The summed E-state index contributed by atoms with van der Waals surface area (Å²) in [6.07, 6.45) is 3.89. The van der Waals surface area contributed by atoms with Crippen molar-refractivity contribution in [2.24, 2.45) is 5.92 Å². The Hall–Kier alpha value is -1.88. The molecule has 0 aliphatic carbocycles. The number of rotatable bonds is 4. The normalized spacial score (nSPS) is 24.2. The van der Waals surface area contributed by atoms with E-state index >= 15 is 0 Å². The van der Waals surface area contributed by atoms with Crippen LogP contribution in [0.4, 0.5) is 0 Å². The number of hydrogen-bond acceptors (Lipinski definition) is 3. The zero-order valence-corrected chi connectivity index (χ0v) is 14.1. The second-order valence-electron chi connectivity index (χ2n) is 6.88. The van der Waals surface area contributed by atoms with Gasteiger partial charge in [0.15, 0.2) is 0 Å². The molecule has 24 heavy (non-hydrogen) atoms. The molecule has 1 aromatic rings. The Bertz CT molecular complexity index is 575. The smallest absolute Gasteiger partial charge is 0.245 e. The lowest BCUT2D eigenvalue weighted by Crippen LogP contribution is -2.51. The van der Waals surface area contributed by atoms with Gasteiger partial charge in [0.1, 0.15) is 6.04 Å². The molecular formula is C19H26N2O3. The Morgan fingerprint density at radius 3 is 2.58 bits per heavy atom. The third-order valence-electron chi connectivity index (χ3n) is 5.15. The van der Waals surface area contributed by atoms with Crippen molar-refractivity contribution >= 4 is 11.8 Å². The van der Waals surface area contributed by atoms with Crippen molar-refractivity contribution < 1.29 is 14.7 Å². The number of carbonyl (C=O) groups excluding carboxylic acids is 2. The highest BCUT2D eigenvalue weighted by Crippen LogP contribution is 2.24. The van der Waals surface area contributed by atoms with Crippen molar-refractivity contribution in [1.82, 2.24) is 9.80 Å². The zero-order valence-electron chi connectivity index (χ0n) is 14.1. The maximum absolute atomic E-state index is 12.9. The van der Waals surface area contributed by atoms with Crippen LogP contribution in [0.15, 0.2) is 30.3 Å². The second kappa shape index (κ2) is 7.79. The van der Waals surface area contributed by atoms with Gasteiger partial charge in [0.05, 0.1) is 6.42 Å². The number of benzene rings is 1. The lowest BCUT2D eigenvalue weighted by Gasteiger charge is -2.35. The van der Waals surface area contributed by atoms with E-state index in [-0.39, 0.29) is 30.4 Å². The van der Waals surface area contributed by atoms with E-state index in [1.54, 1.807) is 4.90 Å². The molecule has 5 heteroatoms. The predicted octanol–water partition coefficient (Wildman–Crippen LogP) is 1.45. The Morgan fingerprint density at radius 2 is 1.83 bits per heavy atom. The van der Waals surface area contributed by atoms with Crippen molar-refractivity contribution in [1.29, 1.82) is 0 Å². The highest BCUT2D eigenvalue weighted by atomic mass is 16.3. The van der Waals surface area contributed by atoms with Crippen LogP contribution in [-0.4, -0.2) is 59.0 Å². The first-order valence-electron chi connectivity index (χ1n) is 8.92. The predicted molar refractivity (Wildman–Crippen MR) is 91.3 cm³/mol. The Morgan fingerprint density at radius 1 is 1.08 bits per heavy atom. The molecule has 0 radical (unpaired) electrons. The Balaban J connectivity index is 1.64. The third-order valence-corrected chi connectivity index (χ3v) is 5.15. The van der Waals surface area contributed by atoms with Crippen molar-refractivity contribution in [3.05, 3.63) is 35.9 Å². The first-order chi connectivity index (χ1) is 11.7. The number of aliphatic hydroxyl groups excluding tert-OH is 1. The molecule has 3 rings (SSSR count). The molecule has 2 atom stereocenters. The minimum absolute atomic E-state index is 0.0350. The van der Waals surface area contributed by atoms with Gasteiger partial charge >= 0.3 is 0 Å². The molecule has 130 valence electrons. The fourth-order valence-corrected chi connectivity index (χ4v) is 3.82. The van der Waals surface area contributed by atoms with Gasteiger partial charge in [0.2, 0.25) is 11.8 Å². The van der Waals surface area contributed by atoms with E-state index < -0.39 is 0 Å². The molecule has 0 saturated carbocycles. The molecule has 0 bridgehead atoms. The SMILES string of the molecule is O=C(C1CCCN1C(=O)Cc1ccccc1)N1CCCC(CO)C1. The number of carbonyl (C=O) groups is 2. The quantitative estimate of drug-likeness (QED) is 0.909. The summed E-state index contributed by atoms with van der Waals surface area (Å²) < 4.78 is 0. The van der Waals surface area contributed by atoms with Crippen molar-refractivity contribution in [3.8, 4) is 0 Å².